The molecule has 1 aliphatic rings. The van der Waals surface area contributed by atoms with Crippen molar-refractivity contribution in [2.24, 2.45) is 5.10 Å². The van der Waals surface area contributed by atoms with E-state index in [1.54, 1.807) is 0 Å². The zero-order valence-electron chi connectivity index (χ0n) is 14.2. The molecule has 0 saturated carbocycles. The molecule has 4 rings (SSSR count). The van der Waals surface area contributed by atoms with Crippen LogP contribution in [0.4, 0.5) is 5.13 Å². The van der Waals surface area contributed by atoms with Crippen LogP contribution in [0.5, 0.6) is 0 Å². The van der Waals surface area contributed by atoms with E-state index < -0.39 is 11.8 Å². The maximum atomic E-state index is 12.5. The highest BCUT2D eigenvalue weighted by molar-refractivity contribution is 7.22. The van der Waals surface area contributed by atoms with Gasteiger partial charge < -0.3 is 4.74 Å². The van der Waals surface area contributed by atoms with Crippen molar-refractivity contribution in [3.8, 4) is 0 Å². The Balaban J connectivity index is 1.56. The van der Waals surface area contributed by atoms with E-state index in [1.807, 2.05) is 24.3 Å². The SMILES string of the molecule is COC(=O)C(=O)c1ccc2c(c1)C/C(=N/Nc1nc3ccccc3s1)C2=O. The fourth-order valence-corrected chi connectivity index (χ4v) is 3.66. The quantitative estimate of drug-likeness (QED) is 0.324. The molecule has 0 bridgehead atoms. The number of carbonyl (C=O) groups is 3. The molecule has 27 heavy (non-hydrogen) atoms. The molecule has 0 atom stereocenters. The molecule has 0 unspecified atom stereocenters. The van der Waals surface area contributed by atoms with Crippen LogP contribution in [0.25, 0.3) is 10.2 Å². The minimum Gasteiger partial charge on any atom is -0.463 e. The minimum atomic E-state index is -0.939. The number of esters is 1. The van der Waals surface area contributed by atoms with Gasteiger partial charge >= 0.3 is 5.97 Å². The van der Waals surface area contributed by atoms with Gasteiger partial charge in [-0.15, -0.1) is 0 Å². The number of rotatable bonds is 4. The number of nitrogens with zero attached hydrogens (tertiary/aromatic N) is 2. The Kier molecular flexibility index (Phi) is 4.25. The lowest BCUT2D eigenvalue weighted by Crippen LogP contribution is -2.15. The van der Waals surface area contributed by atoms with Crippen LogP contribution in [0.15, 0.2) is 47.6 Å². The fraction of sp³-hybridized carbons (Fsp3) is 0.105. The molecular formula is C19H13N3O4S. The van der Waals surface area contributed by atoms with Crippen LogP contribution in [-0.4, -0.2) is 35.3 Å². The van der Waals surface area contributed by atoms with Crippen molar-refractivity contribution in [2.75, 3.05) is 12.5 Å². The molecule has 0 saturated heterocycles. The molecule has 8 heteroatoms. The van der Waals surface area contributed by atoms with Crippen LogP contribution < -0.4 is 5.43 Å². The summed E-state index contributed by atoms with van der Waals surface area (Å²) < 4.78 is 5.47. The second kappa shape index (κ2) is 6.73. The lowest BCUT2D eigenvalue weighted by molar-refractivity contribution is -0.135. The number of fused-ring (bicyclic) bond motifs is 2. The number of thiazole rings is 1. The highest BCUT2D eigenvalue weighted by Gasteiger charge is 2.28. The van der Waals surface area contributed by atoms with Gasteiger partial charge in [-0.2, -0.15) is 5.10 Å². The van der Waals surface area contributed by atoms with Crippen molar-refractivity contribution >= 4 is 49.9 Å². The normalized spacial score (nSPS) is 14.4. The Labute approximate surface area is 157 Å². The van der Waals surface area contributed by atoms with Gasteiger partial charge in [0.25, 0.3) is 5.78 Å². The summed E-state index contributed by atoms with van der Waals surface area (Å²) in [6.07, 6.45) is 0.272. The average Bonchev–Trinajstić information content (AvgIpc) is 3.25. The monoisotopic (exact) mass is 379 g/mol. The zero-order valence-corrected chi connectivity index (χ0v) is 15.0. The number of hydrogen-bond acceptors (Lipinski definition) is 8. The van der Waals surface area contributed by atoms with Gasteiger partial charge in [0.2, 0.25) is 10.9 Å². The second-order valence-electron chi connectivity index (χ2n) is 5.86. The van der Waals surface area contributed by atoms with Crippen molar-refractivity contribution in [1.82, 2.24) is 4.98 Å². The first-order chi connectivity index (χ1) is 13.1. The number of hydrazone groups is 1. The van der Waals surface area contributed by atoms with Gasteiger partial charge in [0.1, 0.15) is 5.71 Å². The number of para-hydroxylation sites is 1. The van der Waals surface area contributed by atoms with Crippen LogP contribution in [-0.2, 0) is 16.0 Å². The van der Waals surface area contributed by atoms with E-state index in [0.29, 0.717) is 22.0 Å². The maximum Gasteiger partial charge on any atom is 0.379 e. The zero-order chi connectivity index (χ0) is 19.0. The van der Waals surface area contributed by atoms with E-state index in [2.05, 4.69) is 20.2 Å². The Morgan fingerprint density at radius 1 is 1.22 bits per heavy atom. The van der Waals surface area contributed by atoms with Gasteiger partial charge in [0.15, 0.2) is 0 Å². The van der Waals surface area contributed by atoms with Gasteiger partial charge in [-0.3, -0.25) is 15.0 Å². The highest BCUT2D eigenvalue weighted by Crippen LogP contribution is 2.26. The third-order valence-corrected chi connectivity index (χ3v) is 5.12. The van der Waals surface area contributed by atoms with Crippen molar-refractivity contribution in [3.05, 3.63) is 59.2 Å². The highest BCUT2D eigenvalue weighted by atomic mass is 32.1. The van der Waals surface area contributed by atoms with Crippen LogP contribution in [0, 0.1) is 0 Å². The first-order valence-electron chi connectivity index (χ1n) is 8.05. The first-order valence-corrected chi connectivity index (χ1v) is 8.87. The number of nitrogens with one attached hydrogen (secondary N) is 1. The molecule has 3 aromatic rings. The Bertz CT molecular complexity index is 1100. The molecule has 1 heterocycles. The number of ether oxygens (including phenoxy) is 1. The van der Waals surface area contributed by atoms with Crippen LogP contribution in [0.2, 0.25) is 0 Å². The van der Waals surface area contributed by atoms with Crippen LogP contribution in [0.1, 0.15) is 26.3 Å². The predicted octanol–water partition coefficient (Wildman–Crippen LogP) is 2.86. The van der Waals surface area contributed by atoms with Gasteiger partial charge in [-0.05, 0) is 29.8 Å². The maximum absolute atomic E-state index is 12.5. The first kappa shape index (κ1) is 17.0. The predicted molar refractivity (Wildman–Crippen MR) is 102 cm³/mol. The molecular weight excluding hydrogens is 366 g/mol. The molecule has 0 spiro atoms. The summed E-state index contributed by atoms with van der Waals surface area (Å²) >= 11 is 1.44. The van der Waals surface area contributed by atoms with E-state index in [1.165, 1.54) is 29.5 Å². The van der Waals surface area contributed by atoms with E-state index in [4.69, 9.17) is 0 Å². The summed E-state index contributed by atoms with van der Waals surface area (Å²) in [7, 11) is 1.15. The standard InChI is InChI=1S/C19H13N3O4S/c1-26-18(25)16(23)10-6-7-12-11(8-10)9-14(17(12)24)21-22-19-20-13-4-2-3-5-15(13)27-19/h2-8H,9H2,1H3,(H,20,22)/b21-14-. The molecule has 1 aromatic heterocycles. The Morgan fingerprint density at radius 3 is 2.81 bits per heavy atom. The molecule has 2 aromatic carbocycles. The van der Waals surface area contributed by atoms with Gasteiger partial charge in [0.05, 0.1) is 17.3 Å². The smallest absolute Gasteiger partial charge is 0.379 e. The average molecular weight is 379 g/mol. The number of hydrogen-bond donors (Lipinski definition) is 1. The summed E-state index contributed by atoms with van der Waals surface area (Å²) in [6.45, 7) is 0. The molecule has 0 amide bonds. The summed E-state index contributed by atoms with van der Waals surface area (Å²) in [5.41, 5.74) is 5.34. The molecule has 1 aliphatic carbocycles. The van der Waals surface area contributed by atoms with E-state index in [0.717, 1.165) is 17.3 Å². The van der Waals surface area contributed by atoms with Crippen molar-refractivity contribution in [3.63, 3.8) is 0 Å². The van der Waals surface area contributed by atoms with E-state index in [-0.39, 0.29) is 17.8 Å². The number of anilines is 1. The summed E-state index contributed by atoms with van der Waals surface area (Å²) in [5, 5.41) is 4.79. The molecule has 0 aliphatic heterocycles. The topological polar surface area (TPSA) is 97.7 Å². The molecule has 134 valence electrons. The van der Waals surface area contributed by atoms with Crippen LogP contribution >= 0.6 is 11.3 Å². The van der Waals surface area contributed by atoms with Gasteiger partial charge in [-0.1, -0.05) is 29.5 Å². The molecule has 0 radical (unpaired) electrons. The summed E-state index contributed by atoms with van der Waals surface area (Å²) in [4.78, 5) is 40.2. The molecule has 7 nitrogen and oxygen atoms in total. The van der Waals surface area contributed by atoms with E-state index >= 15 is 0 Å². The van der Waals surface area contributed by atoms with Crippen LogP contribution in [0.3, 0.4) is 0 Å². The van der Waals surface area contributed by atoms with E-state index in [9.17, 15) is 14.4 Å². The largest absolute Gasteiger partial charge is 0.463 e. The third-order valence-electron chi connectivity index (χ3n) is 4.18. The lowest BCUT2D eigenvalue weighted by atomic mass is 10.0. The van der Waals surface area contributed by atoms with Gasteiger partial charge in [0, 0.05) is 17.5 Å². The molecule has 0 fully saturated rings. The summed E-state index contributed by atoms with van der Waals surface area (Å²) in [5.74, 6) is -1.90. The Morgan fingerprint density at radius 2 is 2.04 bits per heavy atom. The third kappa shape index (κ3) is 3.11. The number of Topliss-reactive ketones (excluding diaryl/α,β-unsaturated/α-hetero) is 2. The number of benzene rings is 2. The number of carbonyl (C=O) groups excluding carboxylic acids is 3. The van der Waals surface area contributed by atoms with Gasteiger partial charge in [-0.25, -0.2) is 9.78 Å². The number of aromatic nitrogens is 1. The molecule has 1 N–H and O–H groups in total. The minimum absolute atomic E-state index is 0.189. The number of ketones is 2. The van der Waals surface area contributed by atoms with Crippen molar-refractivity contribution in [1.29, 1.82) is 0 Å². The van der Waals surface area contributed by atoms with Crippen molar-refractivity contribution < 1.29 is 19.1 Å². The summed E-state index contributed by atoms with van der Waals surface area (Å²) in [6, 6.07) is 12.2. The second-order valence-corrected chi connectivity index (χ2v) is 6.89. The van der Waals surface area contributed by atoms with Crippen molar-refractivity contribution in [2.45, 2.75) is 6.42 Å². The Hall–Kier alpha value is -3.39. The lowest BCUT2D eigenvalue weighted by Gasteiger charge is -2.01. The fourth-order valence-electron chi connectivity index (χ4n) is 2.86. The number of methoxy groups -OCH3 is 1.